The van der Waals surface area contributed by atoms with E-state index in [1.165, 1.54) is 0 Å². The molecule has 254 valence electrons. The largest absolute Gasteiger partial charge is 0.394 e. The molecule has 2 amide bonds. The van der Waals surface area contributed by atoms with Gasteiger partial charge in [-0.15, -0.1) is 11.6 Å². The number of aliphatic hydroxyl groups is 2. The van der Waals surface area contributed by atoms with Crippen LogP contribution in [0.25, 0.3) is 11.0 Å². The quantitative estimate of drug-likeness (QED) is 0.0689. The molecule has 47 heavy (non-hydrogen) atoms. The lowest BCUT2D eigenvalue weighted by atomic mass is 10.1. The number of H-pyrrole nitrogens is 1. The fraction of sp³-hybridized carbons (Fsp3) is 0.500. The summed E-state index contributed by atoms with van der Waals surface area (Å²) >= 11 is 5.66. The Bertz CT molecular complexity index is 1600. The second-order valence-corrected chi connectivity index (χ2v) is 11.2. The number of nitrogens with zero attached hydrogens (tertiary/aromatic N) is 2. The van der Waals surface area contributed by atoms with E-state index in [2.05, 4.69) is 32.4 Å². The first-order valence-electron chi connectivity index (χ1n) is 15.5. The molecular weight excluding hydrogens is 632 g/mol. The Morgan fingerprint density at radius 3 is 2.43 bits per heavy atom. The molecule has 3 atom stereocenters. The topological polar surface area (TPSA) is 203 Å². The van der Waals surface area contributed by atoms with Crippen molar-refractivity contribution in [1.82, 2.24) is 25.2 Å². The van der Waals surface area contributed by atoms with Crippen molar-refractivity contribution < 1.29 is 34.0 Å². The Morgan fingerprint density at radius 1 is 1.06 bits per heavy atom. The zero-order valence-corrected chi connectivity index (χ0v) is 26.8. The molecule has 3 aromatic rings. The molecule has 0 aliphatic carbocycles. The van der Waals surface area contributed by atoms with Gasteiger partial charge < -0.3 is 45.4 Å². The minimum atomic E-state index is -0.891. The number of anilines is 1. The van der Waals surface area contributed by atoms with Crippen LogP contribution in [-0.2, 0) is 14.2 Å². The SMILES string of the molecule is Nc1nc2c(c(C#CCNC(=O)c3ccc(C(=O)NCCOCCOCCCCCCCl)cc3)cn2[C@@H]2C[C@@H](O)[C@H](CO)O2)c(=O)[nH]1. The van der Waals surface area contributed by atoms with Crippen molar-refractivity contribution in [3.05, 3.63) is 57.5 Å². The zero-order chi connectivity index (χ0) is 33.6. The molecule has 0 saturated carbocycles. The van der Waals surface area contributed by atoms with Crippen LogP contribution >= 0.6 is 11.6 Å². The Balaban J connectivity index is 1.22. The van der Waals surface area contributed by atoms with Crippen molar-refractivity contribution in [2.45, 2.75) is 50.5 Å². The van der Waals surface area contributed by atoms with Gasteiger partial charge in [0.1, 0.15) is 12.3 Å². The van der Waals surface area contributed by atoms with E-state index >= 15 is 0 Å². The second kappa shape index (κ2) is 18.4. The Kier molecular flexibility index (Phi) is 14.0. The standard InChI is InChI=1S/C32H41ClN6O8/c33-11-3-1-2-4-14-45-16-17-46-15-13-36-30(43)22-9-7-21(8-10-22)29(42)35-12-5-6-23-19-39(26-18-24(41)25(20-40)47-26)28-27(23)31(44)38-32(34)37-28/h7-10,19,24-26,40-41H,1-4,11-18,20H2,(H,35,42)(H,36,43)(H3,34,37,38,44)/t24-,25+,26+/m1/s1. The van der Waals surface area contributed by atoms with Crippen LogP contribution in [0.1, 0.15) is 64.6 Å². The van der Waals surface area contributed by atoms with Crippen molar-refractivity contribution in [3.8, 4) is 11.8 Å². The average molecular weight is 673 g/mol. The molecule has 1 aliphatic rings. The van der Waals surface area contributed by atoms with Gasteiger partial charge in [0.2, 0.25) is 5.95 Å². The van der Waals surface area contributed by atoms with Gasteiger partial charge in [0.25, 0.3) is 17.4 Å². The van der Waals surface area contributed by atoms with Gasteiger partial charge in [-0.25, -0.2) is 0 Å². The lowest BCUT2D eigenvalue weighted by Gasteiger charge is -2.14. The van der Waals surface area contributed by atoms with Crippen molar-refractivity contribution in [1.29, 1.82) is 0 Å². The second-order valence-electron chi connectivity index (χ2n) is 10.9. The number of benzene rings is 1. The molecule has 2 aromatic heterocycles. The summed E-state index contributed by atoms with van der Waals surface area (Å²) in [7, 11) is 0. The number of halogens is 1. The highest BCUT2D eigenvalue weighted by Gasteiger charge is 2.35. The van der Waals surface area contributed by atoms with E-state index in [0.29, 0.717) is 55.5 Å². The number of nitrogen functional groups attached to an aromatic ring is 1. The molecule has 0 spiro atoms. The molecule has 0 radical (unpaired) electrons. The van der Waals surface area contributed by atoms with E-state index in [1.807, 2.05) is 0 Å². The van der Waals surface area contributed by atoms with E-state index in [-0.39, 0.29) is 42.5 Å². The fourth-order valence-corrected chi connectivity index (χ4v) is 5.18. The molecule has 0 bridgehead atoms. The number of carbonyl (C=O) groups excluding carboxylic acids is 2. The van der Waals surface area contributed by atoms with Gasteiger partial charge in [0, 0.05) is 42.8 Å². The average Bonchev–Trinajstić information content (AvgIpc) is 3.63. The molecule has 1 fully saturated rings. The Morgan fingerprint density at radius 2 is 1.74 bits per heavy atom. The number of amides is 2. The van der Waals surface area contributed by atoms with Gasteiger partial charge in [0.15, 0.2) is 5.65 Å². The number of aliphatic hydroxyl groups excluding tert-OH is 2. The summed E-state index contributed by atoms with van der Waals surface area (Å²) in [5, 5.41) is 25.3. The predicted molar refractivity (Wildman–Crippen MR) is 175 cm³/mol. The number of unbranched alkanes of at least 4 members (excludes halogenated alkanes) is 3. The summed E-state index contributed by atoms with van der Waals surface area (Å²) in [6.07, 6.45) is 3.64. The number of fused-ring (bicyclic) bond motifs is 1. The summed E-state index contributed by atoms with van der Waals surface area (Å²) in [5.41, 5.74) is 6.54. The van der Waals surface area contributed by atoms with Gasteiger partial charge in [-0.2, -0.15) is 4.98 Å². The van der Waals surface area contributed by atoms with E-state index in [1.54, 1.807) is 35.0 Å². The number of ether oxygens (including phenoxy) is 3. The van der Waals surface area contributed by atoms with Crippen LogP contribution in [0.2, 0.25) is 0 Å². The minimum absolute atomic E-state index is 0.0289. The number of rotatable bonds is 17. The molecule has 1 aliphatic heterocycles. The van der Waals surface area contributed by atoms with Gasteiger partial charge >= 0.3 is 0 Å². The van der Waals surface area contributed by atoms with Crippen molar-refractivity contribution >= 4 is 40.4 Å². The highest BCUT2D eigenvalue weighted by molar-refractivity contribution is 6.17. The van der Waals surface area contributed by atoms with Crippen molar-refractivity contribution in [2.75, 3.05) is 57.7 Å². The lowest BCUT2D eigenvalue weighted by Crippen LogP contribution is -2.28. The van der Waals surface area contributed by atoms with Crippen LogP contribution in [-0.4, -0.2) is 101 Å². The van der Waals surface area contributed by atoms with Crippen LogP contribution in [0.4, 0.5) is 5.95 Å². The normalized spacial score (nSPS) is 17.4. The number of alkyl halides is 1. The van der Waals surface area contributed by atoms with E-state index in [0.717, 1.165) is 25.7 Å². The van der Waals surface area contributed by atoms with Crippen molar-refractivity contribution in [2.24, 2.45) is 0 Å². The summed E-state index contributed by atoms with van der Waals surface area (Å²) in [4.78, 5) is 44.5. The Hall–Kier alpha value is -3.97. The molecule has 1 saturated heterocycles. The fourth-order valence-electron chi connectivity index (χ4n) is 4.99. The third kappa shape index (κ3) is 10.3. The molecule has 1 aromatic carbocycles. The maximum Gasteiger partial charge on any atom is 0.263 e. The van der Waals surface area contributed by atoms with Crippen LogP contribution < -0.4 is 21.9 Å². The third-order valence-electron chi connectivity index (χ3n) is 7.44. The molecule has 3 heterocycles. The smallest absolute Gasteiger partial charge is 0.263 e. The number of hydrogen-bond acceptors (Lipinski definition) is 10. The predicted octanol–water partition coefficient (Wildman–Crippen LogP) is 1.29. The Labute approximate surface area is 276 Å². The van der Waals surface area contributed by atoms with Gasteiger partial charge in [0.05, 0.1) is 50.0 Å². The first-order chi connectivity index (χ1) is 22.8. The zero-order valence-electron chi connectivity index (χ0n) is 26.0. The molecule has 0 unspecified atom stereocenters. The summed E-state index contributed by atoms with van der Waals surface area (Å²) in [5.74, 6) is 5.64. The maximum absolute atomic E-state index is 12.7. The summed E-state index contributed by atoms with van der Waals surface area (Å²) < 4.78 is 18.3. The molecular formula is C32H41ClN6O8. The molecule has 7 N–H and O–H groups in total. The van der Waals surface area contributed by atoms with E-state index in [9.17, 15) is 24.6 Å². The number of nitrogens with one attached hydrogen (secondary N) is 3. The monoisotopic (exact) mass is 672 g/mol. The number of carbonyl (C=O) groups is 2. The molecule has 14 nitrogen and oxygen atoms in total. The lowest BCUT2D eigenvalue weighted by molar-refractivity contribution is -0.0430. The first kappa shape index (κ1) is 35.9. The van der Waals surface area contributed by atoms with E-state index < -0.39 is 29.9 Å². The number of aromatic nitrogens is 3. The summed E-state index contributed by atoms with van der Waals surface area (Å²) in [6.45, 7) is 1.95. The summed E-state index contributed by atoms with van der Waals surface area (Å²) in [6, 6.07) is 6.20. The first-order valence-corrected chi connectivity index (χ1v) is 16.1. The maximum atomic E-state index is 12.7. The molecule has 15 heteroatoms. The highest BCUT2D eigenvalue weighted by Crippen LogP contribution is 2.32. The number of aromatic amines is 1. The third-order valence-corrected chi connectivity index (χ3v) is 7.71. The minimum Gasteiger partial charge on any atom is -0.394 e. The van der Waals surface area contributed by atoms with Crippen LogP contribution in [0.15, 0.2) is 35.3 Å². The van der Waals surface area contributed by atoms with Gasteiger partial charge in [-0.05, 0) is 37.1 Å². The van der Waals surface area contributed by atoms with Crippen LogP contribution in [0.5, 0.6) is 0 Å². The van der Waals surface area contributed by atoms with Crippen molar-refractivity contribution in [3.63, 3.8) is 0 Å². The van der Waals surface area contributed by atoms with E-state index in [4.69, 9.17) is 31.5 Å². The highest BCUT2D eigenvalue weighted by atomic mass is 35.5. The van der Waals surface area contributed by atoms with Gasteiger partial charge in [-0.3, -0.25) is 19.4 Å². The molecule has 4 rings (SSSR count). The van der Waals surface area contributed by atoms with Gasteiger partial charge in [-0.1, -0.05) is 24.7 Å². The van der Waals surface area contributed by atoms with Crippen LogP contribution in [0.3, 0.4) is 0 Å². The van der Waals surface area contributed by atoms with Crippen LogP contribution in [0, 0.1) is 11.8 Å². The number of nitrogens with two attached hydrogens (primary N) is 1. The number of hydrogen-bond donors (Lipinski definition) is 6.